The predicted octanol–water partition coefficient (Wildman–Crippen LogP) is 2.94. The molecule has 2 aliphatic rings. The first kappa shape index (κ1) is 14.9. The molecule has 23 heavy (non-hydrogen) atoms. The van der Waals surface area contributed by atoms with Crippen LogP contribution in [0.2, 0.25) is 0 Å². The van der Waals surface area contributed by atoms with E-state index in [9.17, 15) is 0 Å². The van der Waals surface area contributed by atoms with E-state index in [-0.39, 0.29) is 0 Å². The summed E-state index contributed by atoms with van der Waals surface area (Å²) in [4.78, 5) is 2.62. The Labute approximate surface area is 138 Å². The highest BCUT2D eigenvalue weighted by Gasteiger charge is 2.48. The fourth-order valence-electron chi connectivity index (χ4n) is 4.35. The minimum atomic E-state index is 0.351. The molecule has 1 aromatic carbocycles. The molecule has 2 heterocycles. The summed E-state index contributed by atoms with van der Waals surface area (Å²) in [5, 5.41) is 4.56. The van der Waals surface area contributed by atoms with Crippen LogP contribution in [0.3, 0.4) is 0 Å². The molecule has 2 N–H and O–H groups in total. The Morgan fingerprint density at radius 1 is 1.22 bits per heavy atom. The number of aromatic nitrogens is 2. The summed E-state index contributed by atoms with van der Waals surface area (Å²) < 4.78 is 2.01. The molecule has 1 unspecified atom stereocenters. The van der Waals surface area contributed by atoms with E-state index in [4.69, 9.17) is 5.73 Å². The van der Waals surface area contributed by atoms with Gasteiger partial charge in [0.05, 0.1) is 11.4 Å². The molecule has 0 bridgehead atoms. The van der Waals surface area contributed by atoms with Crippen LogP contribution in [0.4, 0.5) is 0 Å². The van der Waals surface area contributed by atoms with Gasteiger partial charge < -0.3 is 5.73 Å². The Hall–Kier alpha value is -1.65. The Bertz CT molecular complexity index is 697. The van der Waals surface area contributed by atoms with Gasteiger partial charge in [-0.25, -0.2) is 4.68 Å². The van der Waals surface area contributed by atoms with Gasteiger partial charge in [-0.2, -0.15) is 5.10 Å². The third-order valence-electron chi connectivity index (χ3n) is 5.62. The summed E-state index contributed by atoms with van der Waals surface area (Å²) in [7, 11) is 0. The topological polar surface area (TPSA) is 47.1 Å². The number of hydrogen-bond acceptors (Lipinski definition) is 3. The van der Waals surface area contributed by atoms with Crippen molar-refractivity contribution in [2.75, 3.05) is 6.54 Å². The van der Waals surface area contributed by atoms with Gasteiger partial charge in [-0.3, -0.25) is 4.90 Å². The molecule has 1 saturated carbocycles. The van der Waals surface area contributed by atoms with Gasteiger partial charge in [0, 0.05) is 30.4 Å². The lowest BCUT2D eigenvalue weighted by molar-refractivity contribution is 0.0495. The summed E-state index contributed by atoms with van der Waals surface area (Å²) in [6.45, 7) is 6.19. The molecular formula is C19H26N4. The van der Waals surface area contributed by atoms with Crippen molar-refractivity contribution in [3.05, 3.63) is 47.3 Å². The van der Waals surface area contributed by atoms with Crippen LogP contribution in [0.5, 0.6) is 0 Å². The normalized spacial score (nSPS) is 23.3. The number of hydrogen-bond donors (Lipinski definition) is 1. The van der Waals surface area contributed by atoms with Crippen LogP contribution in [0.1, 0.15) is 42.6 Å². The van der Waals surface area contributed by atoms with E-state index in [0.717, 1.165) is 24.5 Å². The van der Waals surface area contributed by atoms with Crippen LogP contribution in [0.15, 0.2) is 30.3 Å². The molecular weight excluding hydrogens is 284 g/mol. The van der Waals surface area contributed by atoms with Gasteiger partial charge in [-0.05, 0) is 63.3 Å². The molecule has 0 radical (unpaired) electrons. The fraction of sp³-hybridized carbons (Fsp3) is 0.526. The van der Waals surface area contributed by atoms with Crippen LogP contribution < -0.4 is 5.73 Å². The SMILES string of the molecule is Cc1cc(C)n(-c2ccc(CN3CC(N)CC34CCC4)cc2)n1. The Morgan fingerprint density at radius 2 is 1.96 bits per heavy atom. The van der Waals surface area contributed by atoms with E-state index < -0.39 is 0 Å². The summed E-state index contributed by atoms with van der Waals surface area (Å²) in [5.41, 5.74) is 11.4. The minimum Gasteiger partial charge on any atom is -0.326 e. The van der Waals surface area contributed by atoms with Crippen LogP contribution in [-0.4, -0.2) is 32.8 Å². The van der Waals surface area contributed by atoms with E-state index in [1.54, 1.807) is 0 Å². The van der Waals surface area contributed by atoms with E-state index in [1.807, 2.05) is 11.6 Å². The highest BCUT2D eigenvalue weighted by atomic mass is 15.3. The molecule has 2 fully saturated rings. The molecule has 1 spiro atoms. The van der Waals surface area contributed by atoms with Gasteiger partial charge in [-0.15, -0.1) is 0 Å². The first-order chi connectivity index (χ1) is 11.1. The van der Waals surface area contributed by atoms with Crippen LogP contribution >= 0.6 is 0 Å². The second-order valence-corrected chi connectivity index (χ2v) is 7.43. The van der Waals surface area contributed by atoms with Crippen LogP contribution in [-0.2, 0) is 6.54 Å². The number of nitrogens with zero attached hydrogens (tertiary/aromatic N) is 3. The molecule has 1 aromatic heterocycles. The van der Waals surface area contributed by atoms with Crippen molar-refractivity contribution in [3.8, 4) is 5.69 Å². The van der Waals surface area contributed by atoms with E-state index in [0.29, 0.717) is 11.6 Å². The van der Waals surface area contributed by atoms with Gasteiger partial charge in [0.2, 0.25) is 0 Å². The highest BCUT2D eigenvalue weighted by Crippen LogP contribution is 2.45. The number of likely N-dealkylation sites (tertiary alicyclic amines) is 1. The van der Waals surface area contributed by atoms with Crippen LogP contribution in [0, 0.1) is 13.8 Å². The van der Waals surface area contributed by atoms with Crippen molar-refractivity contribution in [1.82, 2.24) is 14.7 Å². The van der Waals surface area contributed by atoms with Crippen LogP contribution in [0.25, 0.3) is 5.69 Å². The average Bonchev–Trinajstić information content (AvgIpc) is 2.99. The highest BCUT2D eigenvalue weighted by molar-refractivity contribution is 5.36. The standard InChI is InChI=1S/C19H26N4/c1-14-10-15(2)23(21-14)18-6-4-16(5-7-18)12-22-13-17(20)11-19(22)8-3-9-19/h4-7,10,17H,3,8-9,11-13,20H2,1-2H3. The molecule has 4 rings (SSSR count). The maximum absolute atomic E-state index is 6.23. The Morgan fingerprint density at radius 3 is 2.52 bits per heavy atom. The van der Waals surface area contributed by atoms with Gasteiger partial charge in [0.25, 0.3) is 0 Å². The zero-order chi connectivity index (χ0) is 16.0. The summed E-state index contributed by atoms with van der Waals surface area (Å²) >= 11 is 0. The quantitative estimate of drug-likeness (QED) is 0.948. The zero-order valence-electron chi connectivity index (χ0n) is 14.1. The largest absolute Gasteiger partial charge is 0.326 e. The average molecular weight is 310 g/mol. The lowest BCUT2D eigenvalue weighted by atomic mass is 9.74. The van der Waals surface area contributed by atoms with Gasteiger partial charge in [-0.1, -0.05) is 12.1 Å². The molecule has 4 heteroatoms. The second-order valence-electron chi connectivity index (χ2n) is 7.43. The second kappa shape index (κ2) is 5.46. The van der Waals surface area contributed by atoms with Crippen molar-refractivity contribution in [1.29, 1.82) is 0 Å². The maximum atomic E-state index is 6.23. The van der Waals surface area contributed by atoms with Crippen molar-refractivity contribution >= 4 is 0 Å². The smallest absolute Gasteiger partial charge is 0.0648 e. The lowest BCUT2D eigenvalue weighted by Gasteiger charge is -2.46. The first-order valence-corrected chi connectivity index (χ1v) is 8.69. The van der Waals surface area contributed by atoms with E-state index in [2.05, 4.69) is 47.3 Å². The molecule has 1 aliphatic carbocycles. The van der Waals surface area contributed by atoms with Crippen molar-refractivity contribution < 1.29 is 0 Å². The maximum Gasteiger partial charge on any atom is 0.0648 e. The number of aryl methyl sites for hydroxylation is 2. The van der Waals surface area contributed by atoms with Crippen molar-refractivity contribution in [2.24, 2.45) is 5.73 Å². The molecule has 4 nitrogen and oxygen atoms in total. The van der Waals surface area contributed by atoms with E-state index in [1.165, 1.54) is 36.9 Å². The minimum absolute atomic E-state index is 0.351. The third kappa shape index (κ3) is 2.60. The summed E-state index contributed by atoms with van der Waals surface area (Å²) in [6, 6.07) is 11.3. The summed E-state index contributed by atoms with van der Waals surface area (Å²) in [6.07, 6.45) is 5.19. The molecule has 2 aromatic rings. The Kier molecular flexibility index (Phi) is 3.54. The van der Waals surface area contributed by atoms with Gasteiger partial charge in [0.15, 0.2) is 0 Å². The molecule has 1 saturated heterocycles. The third-order valence-corrected chi connectivity index (χ3v) is 5.62. The van der Waals surface area contributed by atoms with Gasteiger partial charge in [0.1, 0.15) is 0 Å². The van der Waals surface area contributed by atoms with E-state index >= 15 is 0 Å². The number of nitrogens with two attached hydrogens (primary N) is 1. The first-order valence-electron chi connectivity index (χ1n) is 8.69. The number of rotatable bonds is 3. The molecule has 122 valence electrons. The van der Waals surface area contributed by atoms with Crippen molar-refractivity contribution in [2.45, 2.75) is 57.7 Å². The Balaban J connectivity index is 1.51. The monoisotopic (exact) mass is 310 g/mol. The molecule has 1 aliphatic heterocycles. The fourth-order valence-corrected chi connectivity index (χ4v) is 4.35. The lowest BCUT2D eigenvalue weighted by Crippen LogP contribution is -2.48. The van der Waals surface area contributed by atoms with Gasteiger partial charge >= 0.3 is 0 Å². The summed E-state index contributed by atoms with van der Waals surface area (Å²) in [5.74, 6) is 0. The number of benzene rings is 1. The molecule has 1 atom stereocenters. The zero-order valence-corrected chi connectivity index (χ0v) is 14.1. The predicted molar refractivity (Wildman–Crippen MR) is 92.6 cm³/mol. The molecule has 0 amide bonds. The van der Waals surface area contributed by atoms with Crippen molar-refractivity contribution in [3.63, 3.8) is 0 Å².